The lowest BCUT2D eigenvalue weighted by molar-refractivity contribution is 0.602. The highest BCUT2D eigenvalue weighted by Gasteiger charge is 2.00. The second-order valence-corrected chi connectivity index (χ2v) is 4.61. The molecule has 0 unspecified atom stereocenters. The van der Waals surface area contributed by atoms with Crippen LogP contribution in [-0.4, -0.2) is 4.57 Å². The van der Waals surface area contributed by atoms with Crippen LogP contribution >= 0.6 is 0 Å². The zero-order chi connectivity index (χ0) is 13.5. The first-order valence-corrected chi connectivity index (χ1v) is 6.67. The fourth-order valence-electron chi connectivity index (χ4n) is 2.10. The van der Waals surface area contributed by atoms with Crippen molar-refractivity contribution in [2.24, 2.45) is 0 Å². The maximum atomic E-state index is 8.74. The Hall–Kier alpha value is -2.05. The van der Waals surface area contributed by atoms with Crippen molar-refractivity contribution in [1.82, 2.24) is 9.88 Å². The molecule has 0 saturated carbocycles. The zero-order valence-corrected chi connectivity index (χ0v) is 11.3. The van der Waals surface area contributed by atoms with Crippen molar-refractivity contribution < 1.29 is 0 Å². The van der Waals surface area contributed by atoms with Crippen molar-refractivity contribution in [2.45, 2.75) is 33.0 Å². The van der Waals surface area contributed by atoms with Crippen molar-refractivity contribution >= 4 is 0 Å². The Balaban J connectivity index is 1.85. The molecule has 1 heterocycles. The van der Waals surface area contributed by atoms with Crippen LogP contribution in [-0.2, 0) is 19.6 Å². The molecule has 1 aromatic heterocycles. The Morgan fingerprint density at radius 1 is 1.16 bits per heavy atom. The summed E-state index contributed by atoms with van der Waals surface area (Å²) in [5.74, 6) is 0. The molecule has 0 saturated heterocycles. The summed E-state index contributed by atoms with van der Waals surface area (Å²) in [5.41, 5.74) is 3.23. The lowest BCUT2D eigenvalue weighted by Gasteiger charge is -2.09. The summed E-state index contributed by atoms with van der Waals surface area (Å²) in [6.45, 7) is 4.95. The molecular weight excluding hydrogens is 234 g/mol. The van der Waals surface area contributed by atoms with Crippen LogP contribution in [0.15, 0.2) is 42.6 Å². The molecule has 0 radical (unpaired) electrons. The highest BCUT2D eigenvalue weighted by molar-refractivity contribution is 5.31. The van der Waals surface area contributed by atoms with Gasteiger partial charge in [0.1, 0.15) is 0 Å². The molecule has 0 aliphatic carbocycles. The van der Waals surface area contributed by atoms with Crippen molar-refractivity contribution in [3.05, 3.63) is 59.4 Å². The highest BCUT2D eigenvalue weighted by atomic mass is 15.0. The minimum Gasteiger partial charge on any atom is -0.350 e. The average Bonchev–Trinajstić information content (AvgIpc) is 2.88. The van der Waals surface area contributed by atoms with Crippen LogP contribution in [0, 0.1) is 11.3 Å². The predicted octanol–water partition coefficient (Wildman–Crippen LogP) is 3.06. The summed E-state index contributed by atoms with van der Waals surface area (Å²) in [7, 11) is 0. The van der Waals surface area contributed by atoms with E-state index in [1.54, 1.807) is 0 Å². The van der Waals surface area contributed by atoms with Gasteiger partial charge in [0.15, 0.2) is 0 Å². The normalized spacial score (nSPS) is 10.3. The number of hydrogen-bond acceptors (Lipinski definition) is 2. The van der Waals surface area contributed by atoms with Gasteiger partial charge in [-0.1, -0.05) is 19.1 Å². The molecule has 2 aromatic rings. The van der Waals surface area contributed by atoms with Gasteiger partial charge in [-0.2, -0.15) is 5.26 Å². The van der Waals surface area contributed by atoms with Gasteiger partial charge in [0.2, 0.25) is 0 Å². The van der Waals surface area contributed by atoms with Crippen molar-refractivity contribution in [3.63, 3.8) is 0 Å². The Labute approximate surface area is 114 Å². The van der Waals surface area contributed by atoms with Crippen LogP contribution < -0.4 is 5.32 Å². The summed E-state index contributed by atoms with van der Waals surface area (Å²) in [6.07, 6.45) is 3.28. The third kappa shape index (κ3) is 3.70. The van der Waals surface area contributed by atoms with E-state index in [4.69, 9.17) is 5.26 Å². The molecule has 3 nitrogen and oxygen atoms in total. The molecular formula is C16H19N3. The quantitative estimate of drug-likeness (QED) is 0.859. The minimum atomic E-state index is 0.709. The molecule has 1 N–H and O–H groups in total. The van der Waals surface area contributed by atoms with Gasteiger partial charge in [-0.25, -0.2) is 0 Å². The topological polar surface area (TPSA) is 40.8 Å². The fourth-order valence-corrected chi connectivity index (χ4v) is 2.10. The molecule has 3 heteroatoms. The minimum absolute atomic E-state index is 0.709. The molecule has 0 atom stereocenters. The number of nitrogens with one attached hydrogen (secondary N) is 1. The molecule has 0 fully saturated rings. The van der Waals surface area contributed by atoms with E-state index in [0.717, 1.165) is 26.1 Å². The van der Waals surface area contributed by atoms with Crippen LogP contribution in [0.25, 0.3) is 0 Å². The van der Waals surface area contributed by atoms with Gasteiger partial charge in [-0.05, 0) is 36.2 Å². The Kier molecular flexibility index (Phi) is 4.77. The first-order chi connectivity index (χ1) is 9.33. The van der Waals surface area contributed by atoms with E-state index in [1.165, 1.54) is 11.3 Å². The first-order valence-electron chi connectivity index (χ1n) is 6.67. The summed E-state index contributed by atoms with van der Waals surface area (Å²) in [4.78, 5) is 0. The lowest BCUT2D eigenvalue weighted by Crippen LogP contribution is -2.15. The number of rotatable bonds is 6. The monoisotopic (exact) mass is 253 g/mol. The number of hydrogen-bond donors (Lipinski definition) is 1. The molecule has 0 aliphatic heterocycles. The molecule has 1 aromatic carbocycles. The molecule has 0 spiro atoms. The summed E-state index contributed by atoms with van der Waals surface area (Å²) in [6, 6.07) is 14.1. The van der Waals surface area contributed by atoms with Gasteiger partial charge < -0.3 is 9.88 Å². The largest absolute Gasteiger partial charge is 0.350 e. The van der Waals surface area contributed by atoms with Crippen LogP contribution in [0.5, 0.6) is 0 Å². The number of aromatic nitrogens is 1. The van der Waals surface area contributed by atoms with Gasteiger partial charge in [-0.15, -0.1) is 0 Å². The number of nitriles is 1. The van der Waals surface area contributed by atoms with E-state index in [1.807, 2.05) is 24.3 Å². The van der Waals surface area contributed by atoms with Gasteiger partial charge in [0, 0.05) is 31.5 Å². The van der Waals surface area contributed by atoms with Gasteiger partial charge in [0.25, 0.3) is 0 Å². The number of benzene rings is 1. The molecule has 2 rings (SSSR count). The van der Waals surface area contributed by atoms with Gasteiger partial charge >= 0.3 is 0 Å². The standard InChI is InChI=1S/C16H19N3/c1-2-9-19-10-3-4-16(19)13-18-12-15-7-5-14(11-17)6-8-15/h3-8,10,18H,2,9,12-13H2,1H3. The Bertz CT molecular complexity index is 546. The van der Waals surface area contributed by atoms with E-state index >= 15 is 0 Å². The smallest absolute Gasteiger partial charge is 0.0991 e. The molecule has 0 amide bonds. The maximum absolute atomic E-state index is 8.74. The van der Waals surface area contributed by atoms with Crippen LogP contribution in [0.4, 0.5) is 0 Å². The first kappa shape index (κ1) is 13.4. The molecule has 0 bridgehead atoms. The van der Waals surface area contributed by atoms with Crippen LogP contribution in [0.3, 0.4) is 0 Å². The third-order valence-electron chi connectivity index (χ3n) is 3.11. The summed E-state index contributed by atoms with van der Waals surface area (Å²) in [5, 5.41) is 12.2. The molecule has 19 heavy (non-hydrogen) atoms. The zero-order valence-electron chi connectivity index (χ0n) is 11.3. The number of aryl methyl sites for hydroxylation is 1. The fraction of sp³-hybridized carbons (Fsp3) is 0.312. The van der Waals surface area contributed by atoms with E-state index in [-0.39, 0.29) is 0 Å². The van der Waals surface area contributed by atoms with Crippen LogP contribution in [0.2, 0.25) is 0 Å². The highest BCUT2D eigenvalue weighted by Crippen LogP contribution is 2.06. The lowest BCUT2D eigenvalue weighted by atomic mass is 10.1. The van der Waals surface area contributed by atoms with Crippen molar-refractivity contribution in [1.29, 1.82) is 5.26 Å². The van der Waals surface area contributed by atoms with Crippen LogP contribution in [0.1, 0.15) is 30.2 Å². The Morgan fingerprint density at radius 3 is 2.63 bits per heavy atom. The summed E-state index contributed by atoms with van der Waals surface area (Å²) < 4.78 is 2.28. The second-order valence-electron chi connectivity index (χ2n) is 4.61. The van der Waals surface area contributed by atoms with Gasteiger partial charge in [-0.3, -0.25) is 0 Å². The molecule has 98 valence electrons. The molecule has 0 aliphatic rings. The summed E-state index contributed by atoms with van der Waals surface area (Å²) >= 11 is 0. The maximum Gasteiger partial charge on any atom is 0.0991 e. The van der Waals surface area contributed by atoms with Crippen molar-refractivity contribution in [2.75, 3.05) is 0 Å². The van der Waals surface area contributed by atoms with Gasteiger partial charge in [0.05, 0.1) is 11.6 Å². The van der Waals surface area contributed by atoms with Crippen molar-refractivity contribution in [3.8, 4) is 6.07 Å². The number of nitrogens with zero attached hydrogens (tertiary/aromatic N) is 2. The average molecular weight is 253 g/mol. The van der Waals surface area contributed by atoms with E-state index in [9.17, 15) is 0 Å². The van der Waals surface area contributed by atoms with E-state index in [0.29, 0.717) is 5.56 Å². The van der Waals surface area contributed by atoms with E-state index in [2.05, 4.69) is 41.2 Å². The SMILES string of the molecule is CCCn1cccc1CNCc1ccc(C#N)cc1. The second kappa shape index (κ2) is 6.77. The Morgan fingerprint density at radius 2 is 1.95 bits per heavy atom. The predicted molar refractivity (Wildman–Crippen MR) is 76.4 cm³/mol. The van der Waals surface area contributed by atoms with E-state index < -0.39 is 0 Å². The third-order valence-corrected chi connectivity index (χ3v) is 3.11.